The molecule has 0 aliphatic heterocycles. The van der Waals surface area contributed by atoms with E-state index in [-0.39, 0.29) is 32.2 Å². The van der Waals surface area contributed by atoms with Crippen molar-refractivity contribution < 1.29 is 42.9 Å². The molecule has 2 atom stereocenters. The van der Waals surface area contributed by atoms with Crippen molar-refractivity contribution in [1.29, 1.82) is 0 Å². The number of quaternary nitrogens is 1. The van der Waals surface area contributed by atoms with E-state index in [9.17, 15) is 19.5 Å². The average Bonchev–Trinajstić information content (AvgIpc) is 3.24. The van der Waals surface area contributed by atoms with Gasteiger partial charge in [-0.15, -0.1) is 0 Å². The van der Waals surface area contributed by atoms with Crippen molar-refractivity contribution in [1.82, 2.24) is 0 Å². The Hall–Kier alpha value is -3.27. The fourth-order valence-electron chi connectivity index (χ4n) is 6.60. The van der Waals surface area contributed by atoms with Gasteiger partial charge >= 0.3 is 17.9 Å². The number of ether oxygens (including phenoxy) is 4. The Morgan fingerprint density at radius 2 is 0.905 bits per heavy atom. The van der Waals surface area contributed by atoms with E-state index in [1.54, 1.807) is 0 Å². The molecule has 0 spiro atoms. The lowest BCUT2D eigenvalue weighted by molar-refractivity contribution is -0.870. The zero-order valence-corrected chi connectivity index (χ0v) is 41.0. The molecule has 0 bridgehead atoms. The Labute approximate surface area is 386 Å². The zero-order chi connectivity index (χ0) is 46.3. The third kappa shape index (κ3) is 46.5. The number of nitrogens with zero attached hydrogens (tertiary/aromatic N) is 1. The maximum absolute atomic E-state index is 12.8. The number of carboxylic acid groups (broad SMARTS) is 1. The summed E-state index contributed by atoms with van der Waals surface area (Å²) in [6.07, 6.45) is 53.9. The molecule has 0 aromatic heterocycles. The minimum Gasteiger partial charge on any atom is -0.477 e. The lowest BCUT2D eigenvalue weighted by atomic mass is 10.0. The summed E-state index contributed by atoms with van der Waals surface area (Å²) in [5, 5.41) is 9.66. The van der Waals surface area contributed by atoms with Gasteiger partial charge in [0, 0.05) is 12.8 Å². The fraction of sp³-hybridized carbons (Fsp3) is 0.722. The topological polar surface area (TPSA) is 108 Å². The SMILES string of the molecule is CC/C=C\C/C=C\C/C=C\C/C=C\C/C=C\C/C=C\CCCCC(=O)OC(COC(=O)CCCCCCCCCCCCCCCCCCC)COC(OCC[N+](C)(C)C)C(=O)O. The van der Waals surface area contributed by atoms with E-state index in [1.165, 1.54) is 89.9 Å². The number of carbonyl (C=O) groups excluding carboxylic acids is 2. The van der Waals surface area contributed by atoms with Crippen molar-refractivity contribution in [3.63, 3.8) is 0 Å². The van der Waals surface area contributed by atoms with Crippen LogP contribution in [0.2, 0.25) is 0 Å². The Morgan fingerprint density at radius 3 is 1.35 bits per heavy atom. The molecule has 0 saturated heterocycles. The third-order valence-electron chi connectivity index (χ3n) is 10.5. The van der Waals surface area contributed by atoms with Crippen molar-refractivity contribution in [2.24, 2.45) is 0 Å². The Bertz CT molecular complexity index is 1260. The first-order valence-electron chi connectivity index (χ1n) is 25.1. The number of hydrogen-bond acceptors (Lipinski definition) is 7. The number of aliphatic carboxylic acids is 1. The lowest BCUT2D eigenvalue weighted by Crippen LogP contribution is -2.40. The molecule has 9 heteroatoms. The van der Waals surface area contributed by atoms with Crippen LogP contribution in [-0.4, -0.2) is 87.4 Å². The van der Waals surface area contributed by atoms with Crippen LogP contribution in [0.5, 0.6) is 0 Å². The van der Waals surface area contributed by atoms with Crippen LogP contribution >= 0.6 is 0 Å². The quantitative estimate of drug-likeness (QED) is 0.0212. The van der Waals surface area contributed by atoms with E-state index >= 15 is 0 Å². The first-order chi connectivity index (χ1) is 30.6. The molecule has 9 nitrogen and oxygen atoms in total. The molecule has 0 aromatic carbocycles. The molecule has 0 aliphatic carbocycles. The van der Waals surface area contributed by atoms with Crippen molar-refractivity contribution in [2.45, 2.75) is 206 Å². The van der Waals surface area contributed by atoms with Crippen LogP contribution in [0.25, 0.3) is 0 Å². The van der Waals surface area contributed by atoms with Gasteiger partial charge in [0.2, 0.25) is 0 Å². The van der Waals surface area contributed by atoms with Gasteiger partial charge < -0.3 is 28.5 Å². The summed E-state index contributed by atoms with van der Waals surface area (Å²) >= 11 is 0. The summed E-state index contributed by atoms with van der Waals surface area (Å²) in [5.41, 5.74) is 0. The summed E-state index contributed by atoms with van der Waals surface area (Å²) in [7, 11) is 5.94. The van der Waals surface area contributed by atoms with Gasteiger partial charge in [-0.05, 0) is 64.2 Å². The minimum atomic E-state index is -1.52. The van der Waals surface area contributed by atoms with Gasteiger partial charge in [0.1, 0.15) is 13.2 Å². The van der Waals surface area contributed by atoms with Crippen LogP contribution in [-0.2, 0) is 33.3 Å². The van der Waals surface area contributed by atoms with E-state index in [0.717, 1.165) is 70.6 Å². The molecule has 362 valence electrons. The molecule has 2 unspecified atom stereocenters. The van der Waals surface area contributed by atoms with Gasteiger partial charge in [-0.2, -0.15) is 0 Å². The Kier molecular flexibility index (Phi) is 43.0. The molecular weight excluding hydrogens is 791 g/mol. The number of carbonyl (C=O) groups is 3. The normalized spacial score (nSPS) is 13.5. The first kappa shape index (κ1) is 59.7. The number of esters is 2. The van der Waals surface area contributed by atoms with Crippen LogP contribution in [0.3, 0.4) is 0 Å². The number of unbranched alkanes of at least 4 members (excludes halogenated alkanes) is 18. The van der Waals surface area contributed by atoms with E-state index in [4.69, 9.17) is 18.9 Å². The van der Waals surface area contributed by atoms with E-state index in [2.05, 4.69) is 86.8 Å². The molecule has 0 saturated carbocycles. The largest absolute Gasteiger partial charge is 0.477 e. The number of carboxylic acids is 1. The molecule has 0 aromatic rings. The minimum absolute atomic E-state index is 0.177. The third-order valence-corrected chi connectivity index (χ3v) is 10.5. The van der Waals surface area contributed by atoms with Crippen LogP contribution < -0.4 is 0 Å². The molecule has 0 rings (SSSR count). The van der Waals surface area contributed by atoms with E-state index in [1.807, 2.05) is 21.1 Å². The number of allylic oxidation sites excluding steroid dienone is 12. The number of rotatable bonds is 45. The maximum atomic E-state index is 12.8. The second-order valence-corrected chi connectivity index (χ2v) is 17.8. The predicted octanol–water partition coefficient (Wildman–Crippen LogP) is 13.9. The van der Waals surface area contributed by atoms with Crippen molar-refractivity contribution in [2.75, 3.05) is 47.5 Å². The Morgan fingerprint density at radius 1 is 0.492 bits per heavy atom. The molecule has 0 radical (unpaired) electrons. The van der Waals surface area contributed by atoms with Crippen molar-refractivity contribution in [3.8, 4) is 0 Å². The van der Waals surface area contributed by atoms with Gasteiger partial charge in [-0.25, -0.2) is 4.79 Å². The van der Waals surface area contributed by atoms with E-state index in [0.29, 0.717) is 23.9 Å². The van der Waals surface area contributed by atoms with Crippen molar-refractivity contribution in [3.05, 3.63) is 72.9 Å². The summed E-state index contributed by atoms with van der Waals surface area (Å²) in [5.74, 6) is -2.07. The van der Waals surface area contributed by atoms with Crippen LogP contribution in [0.1, 0.15) is 194 Å². The summed E-state index contributed by atoms with van der Waals surface area (Å²) in [4.78, 5) is 37.2. The molecule has 1 N–H and O–H groups in total. The van der Waals surface area contributed by atoms with Crippen LogP contribution in [0.15, 0.2) is 72.9 Å². The molecule has 63 heavy (non-hydrogen) atoms. The second-order valence-electron chi connectivity index (χ2n) is 17.8. The molecule has 0 fully saturated rings. The van der Waals surface area contributed by atoms with Crippen LogP contribution in [0, 0.1) is 0 Å². The predicted molar refractivity (Wildman–Crippen MR) is 263 cm³/mol. The zero-order valence-electron chi connectivity index (χ0n) is 41.0. The van der Waals surface area contributed by atoms with Gasteiger partial charge in [-0.3, -0.25) is 9.59 Å². The molecule has 0 heterocycles. The highest BCUT2D eigenvalue weighted by Crippen LogP contribution is 2.15. The average molecular weight is 885 g/mol. The van der Waals surface area contributed by atoms with Crippen molar-refractivity contribution >= 4 is 17.9 Å². The monoisotopic (exact) mass is 885 g/mol. The standard InChI is InChI=1S/C54H93NO8/c1-6-8-10-12-14-16-18-20-22-24-25-26-27-29-31-33-35-37-39-41-43-45-52(57)63-50(49-62-54(53(58)59)60-47-46-55(3,4)5)48-61-51(56)44-42-40-38-36-34-32-30-28-23-21-19-17-15-13-11-9-7-2/h8,10,14,16,20,22,25-26,29,31,35,37,50,54H,6-7,9,11-13,15,17-19,21,23-24,27-28,30,32-34,36,38-49H2,1-5H3/p+1/b10-8-,16-14-,22-20-,26-25-,31-29-,37-35-. The Balaban J connectivity index is 4.46. The smallest absolute Gasteiger partial charge is 0.361 e. The van der Waals surface area contributed by atoms with Gasteiger partial charge in [-0.1, -0.05) is 189 Å². The second kappa shape index (κ2) is 45.3. The number of likely N-dealkylation sites (N-methyl/N-ethyl adjacent to an activating group) is 1. The summed E-state index contributed by atoms with van der Waals surface area (Å²) in [6.45, 7) is 4.71. The number of hydrogen-bond donors (Lipinski definition) is 1. The first-order valence-corrected chi connectivity index (χ1v) is 25.1. The highest BCUT2D eigenvalue weighted by Gasteiger charge is 2.25. The van der Waals surface area contributed by atoms with Crippen LogP contribution in [0.4, 0.5) is 0 Å². The van der Waals surface area contributed by atoms with Gasteiger partial charge in [0.25, 0.3) is 6.29 Å². The summed E-state index contributed by atoms with van der Waals surface area (Å²) in [6, 6.07) is 0. The lowest BCUT2D eigenvalue weighted by Gasteiger charge is -2.25. The maximum Gasteiger partial charge on any atom is 0.361 e. The highest BCUT2D eigenvalue weighted by atomic mass is 16.7. The fourth-order valence-corrected chi connectivity index (χ4v) is 6.60. The van der Waals surface area contributed by atoms with E-state index < -0.39 is 24.3 Å². The molecule has 0 aliphatic rings. The molecular formula is C54H94NO8+. The van der Waals surface area contributed by atoms with Gasteiger partial charge in [0.15, 0.2) is 6.10 Å². The van der Waals surface area contributed by atoms with Gasteiger partial charge in [0.05, 0.1) is 34.4 Å². The highest BCUT2D eigenvalue weighted by molar-refractivity contribution is 5.71. The summed E-state index contributed by atoms with van der Waals surface area (Å²) < 4.78 is 22.7. The molecule has 0 amide bonds.